The Morgan fingerprint density at radius 2 is 1.50 bits per heavy atom. The fourth-order valence-electron chi connectivity index (χ4n) is 2.38. The van der Waals surface area contributed by atoms with E-state index in [1.165, 1.54) is 6.07 Å². The van der Waals surface area contributed by atoms with Gasteiger partial charge in [0.25, 0.3) is 0 Å². The zero-order valence-electron chi connectivity index (χ0n) is 14.7. The number of halogens is 2. The Morgan fingerprint density at radius 3 is 2.15 bits per heavy atom. The normalized spacial score (nSPS) is 10.5. The lowest BCUT2D eigenvalue weighted by molar-refractivity contribution is 0.509. The van der Waals surface area contributed by atoms with Crippen LogP contribution in [0.2, 0.25) is 0 Å². The molecule has 5 nitrogen and oxygen atoms in total. The molecule has 1 heterocycles. The van der Waals surface area contributed by atoms with Crippen LogP contribution in [-0.4, -0.2) is 24.1 Å². The monoisotopic (exact) mass is 355 g/mol. The molecule has 1 aromatic heterocycles. The Morgan fingerprint density at radius 1 is 0.808 bits per heavy atom. The minimum atomic E-state index is -0.917. The van der Waals surface area contributed by atoms with E-state index in [1.54, 1.807) is 6.07 Å². The van der Waals surface area contributed by atoms with E-state index in [1.807, 2.05) is 50.2 Å². The van der Waals surface area contributed by atoms with Crippen LogP contribution in [0.25, 0.3) is 0 Å². The van der Waals surface area contributed by atoms with Gasteiger partial charge in [-0.1, -0.05) is 0 Å². The summed E-state index contributed by atoms with van der Waals surface area (Å²) in [5.41, 5.74) is 3.07. The average molecular weight is 355 g/mol. The quantitative estimate of drug-likeness (QED) is 0.700. The van der Waals surface area contributed by atoms with E-state index in [4.69, 9.17) is 0 Å². The average Bonchev–Trinajstić information content (AvgIpc) is 2.58. The molecule has 0 saturated carbocycles. The smallest absolute Gasteiger partial charge is 0.229 e. The topological polar surface area (TPSA) is 53.1 Å². The van der Waals surface area contributed by atoms with E-state index in [0.717, 1.165) is 29.2 Å². The number of hydrogen-bond acceptors (Lipinski definition) is 5. The summed E-state index contributed by atoms with van der Waals surface area (Å²) in [6, 6.07) is 13.2. The van der Waals surface area contributed by atoms with Gasteiger partial charge in [0.05, 0.1) is 0 Å². The van der Waals surface area contributed by atoms with Crippen molar-refractivity contribution in [2.45, 2.75) is 6.92 Å². The second-order valence-electron chi connectivity index (χ2n) is 6.04. The summed E-state index contributed by atoms with van der Waals surface area (Å²) in [5, 5.41) is 6.10. The van der Waals surface area contributed by atoms with Crippen molar-refractivity contribution in [3.05, 3.63) is 65.9 Å². The molecule has 0 saturated heterocycles. The fraction of sp³-hybridized carbons (Fsp3) is 0.158. The van der Waals surface area contributed by atoms with Crippen molar-refractivity contribution in [3.8, 4) is 0 Å². The Bertz CT molecular complexity index is 910. The van der Waals surface area contributed by atoms with Crippen molar-refractivity contribution in [3.63, 3.8) is 0 Å². The first-order valence-electron chi connectivity index (χ1n) is 8.03. The van der Waals surface area contributed by atoms with Crippen molar-refractivity contribution in [1.82, 2.24) is 9.97 Å². The highest BCUT2D eigenvalue weighted by molar-refractivity contribution is 5.62. The van der Waals surface area contributed by atoms with Gasteiger partial charge in [0.15, 0.2) is 11.6 Å². The Labute approximate surface area is 150 Å². The molecule has 134 valence electrons. The standard InChI is InChI=1S/C19H19F2N5/c1-12-10-18(23-14-6-9-16(20)17(21)11-14)25-19(22-12)24-13-4-7-15(8-5-13)26(2)3/h4-11H,1-3H3,(H2,22,23,24,25). The van der Waals surface area contributed by atoms with Gasteiger partial charge in [0.2, 0.25) is 5.95 Å². The number of aryl methyl sites for hydroxylation is 1. The van der Waals surface area contributed by atoms with Gasteiger partial charge in [0.1, 0.15) is 5.82 Å². The van der Waals surface area contributed by atoms with E-state index >= 15 is 0 Å². The Hall–Kier alpha value is -3.22. The Kier molecular flexibility index (Phi) is 4.97. The molecular formula is C19H19F2N5. The highest BCUT2D eigenvalue weighted by atomic mass is 19.2. The summed E-state index contributed by atoms with van der Waals surface area (Å²) < 4.78 is 26.4. The van der Waals surface area contributed by atoms with Gasteiger partial charge >= 0.3 is 0 Å². The first-order valence-corrected chi connectivity index (χ1v) is 8.03. The van der Waals surface area contributed by atoms with Gasteiger partial charge in [-0.15, -0.1) is 0 Å². The molecule has 0 bridgehead atoms. The molecule has 0 fully saturated rings. The number of benzene rings is 2. The zero-order valence-corrected chi connectivity index (χ0v) is 14.7. The Balaban J connectivity index is 1.79. The summed E-state index contributed by atoms with van der Waals surface area (Å²) >= 11 is 0. The van der Waals surface area contributed by atoms with Crippen molar-refractivity contribution in [2.75, 3.05) is 29.6 Å². The predicted octanol–water partition coefficient (Wildman–Crippen LogP) is 4.62. The molecule has 0 aliphatic rings. The van der Waals surface area contributed by atoms with Gasteiger partial charge in [-0.05, 0) is 43.3 Å². The number of anilines is 5. The van der Waals surface area contributed by atoms with Crippen LogP contribution >= 0.6 is 0 Å². The molecule has 2 aromatic carbocycles. The second-order valence-corrected chi connectivity index (χ2v) is 6.04. The molecule has 0 spiro atoms. The van der Waals surface area contributed by atoms with E-state index in [9.17, 15) is 8.78 Å². The van der Waals surface area contributed by atoms with Crippen LogP contribution in [0.5, 0.6) is 0 Å². The molecule has 0 unspecified atom stereocenters. The number of nitrogens with one attached hydrogen (secondary N) is 2. The van der Waals surface area contributed by atoms with Gasteiger partial charge < -0.3 is 15.5 Å². The summed E-state index contributed by atoms with van der Waals surface area (Å²) in [7, 11) is 3.95. The fourth-order valence-corrected chi connectivity index (χ4v) is 2.38. The van der Waals surface area contributed by atoms with Crippen LogP contribution in [0.1, 0.15) is 5.69 Å². The van der Waals surface area contributed by atoms with Gasteiger partial charge in [-0.25, -0.2) is 13.8 Å². The van der Waals surface area contributed by atoms with E-state index in [2.05, 4.69) is 20.6 Å². The minimum absolute atomic E-state index is 0.406. The third kappa shape index (κ3) is 4.24. The lowest BCUT2D eigenvalue weighted by Crippen LogP contribution is -2.08. The summed E-state index contributed by atoms with van der Waals surface area (Å²) in [4.78, 5) is 10.7. The third-order valence-corrected chi connectivity index (χ3v) is 3.69. The molecule has 3 aromatic rings. The maximum Gasteiger partial charge on any atom is 0.229 e. The van der Waals surface area contributed by atoms with Crippen LogP contribution < -0.4 is 15.5 Å². The van der Waals surface area contributed by atoms with Crippen LogP contribution in [0.15, 0.2) is 48.5 Å². The van der Waals surface area contributed by atoms with Crippen LogP contribution in [0.3, 0.4) is 0 Å². The SMILES string of the molecule is Cc1cc(Nc2ccc(F)c(F)c2)nc(Nc2ccc(N(C)C)cc2)n1. The molecule has 0 radical (unpaired) electrons. The van der Waals surface area contributed by atoms with Gasteiger partial charge in [0, 0.05) is 49.0 Å². The maximum atomic E-state index is 13.4. The number of hydrogen-bond donors (Lipinski definition) is 2. The van der Waals surface area contributed by atoms with Crippen molar-refractivity contribution in [1.29, 1.82) is 0 Å². The molecule has 0 aliphatic heterocycles. The van der Waals surface area contributed by atoms with Crippen molar-refractivity contribution >= 4 is 28.8 Å². The molecule has 0 atom stereocenters. The largest absolute Gasteiger partial charge is 0.378 e. The highest BCUT2D eigenvalue weighted by Gasteiger charge is 2.06. The van der Waals surface area contributed by atoms with Gasteiger partial charge in [-0.2, -0.15) is 4.98 Å². The lowest BCUT2D eigenvalue weighted by Gasteiger charge is -2.13. The predicted molar refractivity (Wildman–Crippen MR) is 100 cm³/mol. The molecular weight excluding hydrogens is 336 g/mol. The number of nitrogens with zero attached hydrogens (tertiary/aromatic N) is 3. The number of aromatic nitrogens is 2. The third-order valence-electron chi connectivity index (χ3n) is 3.69. The van der Waals surface area contributed by atoms with Crippen LogP contribution in [0.4, 0.5) is 37.6 Å². The first kappa shape index (κ1) is 17.6. The van der Waals surface area contributed by atoms with Crippen molar-refractivity contribution in [2.24, 2.45) is 0 Å². The van der Waals surface area contributed by atoms with E-state index < -0.39 is 11.6 Å². The van der Waals surface area contributed by atoms with E-state index in [-0.39, 0.29) is 0 Å². The highest BCUT2D eigenvalue weighted by Crippen LogP contribution is 2.22. The zero-order chi connectivity index (χ0) is 18.7. The van der Waals surface area contributed by atoms with Crippen LogP contribution in [0, 0.1) is 18.6 Å². The molecule has 26 heavy (non-hydrogen) atoms. The second kappa shape index (κ2) is 7.35. The molecule has 3 rings (SSSR count). The molecule has 0 aliphatic carbocycles. The maximum absolute atomic E-state index is 13.4. The minimum Gasteiger partial charge on any atom is -0.378 e. The molecule has 7 heteroatoms. The van der Waals surface area contributed by atoms with Gasteiger partial charge in [-0.3, -0.25) is 0 Å². The first-order chi connectivity index (χ1) is 12.4. The number of rotatable bonds is 5. The molecule has 2 N–H and O–H groups in total. The van der Waals surface area contributed by atoms with Crippen LogP contribution in [-0.2, 0) is 0 Å². The van der Waals surface area contributed by atoms with Crippen molar-refractivity contribution < 1.29 is 8.78 Å². The molecule has 0 amide bonds. The van der Waals surface area contributed by atoms with E-state index in [0.29, 0.717) is 17.5 Å². The summed E-state index contributed by atoms with van der Waals surface area (Å²) in [5.74, 6) is -0.915. The summed E-state index contributed by atoms with van der Waals surface area (Å²) in [6.45, 7) is 1.83. The lowest BCUT2D eigenvalue weighted by atomic mass is 10.2. The summed E-state index contributed by atoms with van der Waals surface area (Å²) in [6.07, 6.45) is 0.